The van der Waals surface area contributed by atoms with E-state index in [9.17, 15) is 4.79 Å². The van der Waals surface area contributed by atoms with E-state index in [2.05, 4.69) is 17.1 Å². The zero-order valence-electron chi connectivity index (χ0n) is 10.5. The van der Waals surface area contributed by atoms with Crippen LogP contribution in [0.2, 0.25) is 5.02 Å². The molecule has 20 heavy (non-hydrogen) atoms. The number of nitrogens with zero attached hydrogens (tertiary/aromatic N) is 1. The van der Waals surface area contributed by atoms with Crippen LogP contribution < -0.4 is 4.74 Å². The van der Waals surface area contributed by atoms with E-state index in [0.29, 0.717) is 5.88 Å². The van der Waals surface area contributed by atoms with Crippen LogP contribution in [0, 0.1) is 0 Å². The van der Waals surface area contributed by atoms with Crippen LogP contribution in [-0.2, 0) is 12.8 Å². The number of rotatable bonds is 3. The number of pyridine rings is 1. The van der Waals surface area contributed by atoms with Crippen molar-refractivity contribution in [2.75, 3.05) is 0 Å². The molecule has 1 aliphatic carbocycles. The zero-order chi connectivity index (χ0) is 14.1. The van der Waals surface area contributed by atoms with Crippen LogP contribution in [0.4, 0.5) is 0 Å². The first-order valence-corrected chi connectivity index (χ1v) is 6.63. The molecular weight excluding hydrogens is 278 g/mol. The average Bonchev–Trinajstić information content (AvgIpc) is 2.82. The molecule has 1 aromatic carbocycles. The fraction of sp³-hybridized carbons (Fsp3) is 0.200. The molecule has 4 nitrogen and oxygen atoms in total. The topological polar surface area (TPSA) is 59.4 Å². The summed E-state index contributed by atoms with van der Waals surface area (Å²) in [6.07, 6.45) is 2.91. The van der Waals surface area contributed by atoms with Crippen LogP contribution in [0.15, 0.2) is 36.5 Å². The number of benzene rings is 1. The Hall–Kier alpha value is -2.07. The van der Waals surface area contributed by atoms with Gasteiger partial charge in [0.1, 0.15) is 6.10 Å². The molecule has 0 saturated heterocycles. The van der Waals surface area contributed by atoms with E-state index in [1.165, 1.54) is 23.4 Å². The molecule has 0 unspecified atom stereocenters. The number of carbonyl (C=O) groups is 1. The number of fused-ring (bicyclic) bond motifs is 1. The number of halogens is 1. The van der Waals surface area contributed by atoms with E-state index in [0.717, 1.165) is 12.8 Å². The van der Waals surface area contributed by atoms with Gasteiger partial charge in [0.05, 0.1) is 16.8 Å². The van der Waals surface area contributed by atoms with E-state index in [-0.39, 0.29) is 16.7 Å². The monoisotopic (exact) mass is 289 g/mol. The van der Waals surface area contributed by atoms with Crippen molar-refractivity contribution in [2.45, 2.75) is 18.9 Å². The zero-order valence-corrected chi connectivity index (χ0v) is 11.3. The van der Waals surface area contributed by atoms with Gasteiger partial charge in [-0.25, -0.2) is 9.78 Å². The minimum atomic E-state index is -1.09. The summed E-state index contributed by atoms with van der Waals surface area (Å²) in [4.78, 5) is 15.1. The third-order valence-corrected chi connectivity index (χ3v) is 3.66. The maximum atomic E-state index is 11.0. The van der Waals surface area contributed by atoms with Crippen LogP contribution in [0.5, 0.6) is 5.88 Å². The molecule has 0 saturated carbocycles. The highest BCUT2D eigenvalue weighted by Crippen LogP contribution is 2.26. The Morgan fingerprint density at radius 3 is 2.55 bits per heavy atom. The molecule has 1 heterocycles. The van der Waals surface area contributed by atoms with E-state index in [4.69, 9.17) is 21.4 Å². The van der Waals surface area contributed by atoms with Gasteiger partial charge in [-0.3, -0.25) is 0 Å². The van der Waals surface area contributed by atoms with Gasteiger partial charge in [0, 0.05) is 18.9 Å². The van der Waals surface area contributed by atoms with E-state index in [1.54, 1.807) is 0 Å². The first kappa shape index (κ1) is 12.9. The second kappa shape index (κ2) is 5.13. The summed E-state index contributed by atoms with van der Waals surface area (Å²) < 4.78 is 5.77. The number of carboxylic acids is 1. The molecular formula is C15H12ClNO3. The van der Waals surface area contributed by atoms with Crippen molar-refractivity contribution in [1.29, 1.82) is 0 Å². The van der Waals surface area contributed by atoms with Crippen LogP contribution in [0.1, 0.15) is 21.5 Å². The lowest BCUT2D eigenvalue weighted by Crippen LogP contribution is -2.17. The highest BCUT2D eigenvalue weighted by molar-refractivity contribution is 6.33. The molecule has 3 rings (SSSR count). The van der Waals surface area contributed by atoms with Crippen LogP contribution >= 0.6 is 11.6 Å². The summed E-state index contributed by atoms with van der Waals surface area (Å²) in [5.74, 6) is -0.790. The maximum Gasteiger partial charge on any atom is 0.337 e. The van der Waals surface area contributed by atoms with E-state index < -0.39 is 5.97 Å². The Labute approximate surface area is 121 Å². The lowest BCUT2D eigenvalue weighted by molar-refractivity contribution is 0.0696. The van der Waals surface area contributed by atoms with Gasteiger partial charge < -0.3 is 9.84 Å². The predicted molar refractivity (Wildman–Crippen MR) is 74.5 cm³/mol. The molecule has 2 aromatic rings. The molecule has 0 spiro atoms. The highest BCUT2D eigenvalue weighted by Gasteiger charge is 2.23. The third kappa shape index (κ3) is 2.47. The predicted octanol–water partition coefficient (Wildman–Crippen LogP) is 2.98. The molecule has 0 fully saturated rings. The molecule has 5 heteroatoms. The van der Waals surface area contributed by atoms with Crippen molar-refractivity contribution in [3.63, 3.8) is 0 Å². The van der Waals surface area contributed by atoms with Crippen molar-refractivity contribution in [2.24, 2.45) is 0 Å². The van der Waals surface area contributed by atoms with Crippen molar-refractivity contribution in [3.8, 4) is 5.88 Å². The Kier molecular flexibility index (Phi) is 3.32. The molecule has 0 amide bonds. The summed E-state index contributed by atoms with van der Waals surface area (Å²) in [6.45, 7) is 0. The van der Waals surface area contributed by atoms with Crippen molar-refractivity contribution in [3.05, 3.63) is 58.2 Å². The number of aromatic nitrogens is 1. The van der Waals surface area contributed by atoms with Crippen LogP contribution in [-0.4, -0.2) is 22.2 Å². The Morgan fingerprint density at radius 2 is 1.95 bits per heavy atom. The van der Waals surface area contributed by atoms with E-state index >= 15 is 0 Å². The standard InChI is InChI=1S/C15H12ClNO3/c16-13-8-17-14(7-12(13)15(18)19)20-11-5-9-3-1-2-4-10(9)6-11/h1-4,7-8,11H,5-6H2,(H,18,19). The summed E-state index contributed by atoms with van der Waals surface area (Å²) in [5, 5.41) is 9.14. The highest BCUT2D eigenvalue weighted by atomic mass is 35.5. The SMILES string of the molecule is O=C(O)c1cc(OC2Cc3ccccc3C2)ncc1Cl. The Morgan fingerprint density at radius 1 is 1.30 bits per heavy atom. The quantitative estimate of drug-likeness (QED) is 0.944. The maximum absolute atomic E-state index is 11.0. The summed E-state index contributed by atoms with van der Waals surface area (Å²) in [7, 11) is 0. The first-order valence-electron chi connectivity index (χ1n) is 6.26. The van der Waals surface area contributed by atoms with Crippen molar-refractivity contribution in [1.82, 2.24) is 4.98 Å². The fourth-order valence-electron chi connectivity index (χ4n) is 2.42. The number of aromatic carboxylic acids is 1. The summed E-state index contributed by atoms with van der Waals surface area (Å²) in [5.41, 5.74) is 2.54. The lowest BCUT2D eigenvalue weighted by Gasteiger charge is -2.12. The summed E-state index contributed by atoms with van der Waals surface area (Å²) >= 11 is 5.78. The molecule has 102 valence electrons. The van der Waals surface area contributed by atoms with Gasteiger partial charge in [0.15, 0.2) is 0 Å². The molecule has 1 aliphatic rings. The molecule has 0 atom stereocenters. The number of carboxylic acid groups (broad SMARTS) is 1. The molecule has 0 bridgehead atoms. The molecule has 0 aliphatic heterocycles. The number of hydrogen-bond donors (Lipinski definition) is 1. The third-order valence-electron chi connectivity index (χ3n) is 3.36. The van der Waals surface area contributed by atoms with Crippen LogP contribution in [0.3, 0.4) is 0 Å². The minimum Gasteiger partial charge on any atom is -0.478 e. The first-order chi connectivity index (χ1) is 9.63. The molecule has 0 radical (unpaired) electrons. The van der Waals surface area contributed by atoms with Gasteiger partial charge in [-0.2, -0.15) is 0 Å². The second-order valence-corrected chi connectivity index (χ2v) is 5.13. The summed E-state index contributed by atoms with van der Waals surface area (Å²) in [6, 6.07) is 9.54. The normalized spacial score (nSPS) is 14.1. The largest absolute Gasteiger partial charge is 0.478 e. The van der Waals surface area contributed by atoms with Crippen molar-refractivity contribution < 1.29 is 14.6 Å². The number of hydrogen-bond acceptors (Lipinski definition) is 3. The number of ether oxygens (including phenoxy) is 1. The lowest BCUT2D eigenvalue weighted by atomic mass is 10.1. The van der Waals surface area contributed by atoms with Gasteiger partial charge >= 0.3 is 5.97 Å². The molecule has 1 N–H and O–H groups in total. The van der Waals surface area contributed by atoms with Gasteiger partial charge in [-0.05, 0) is 11.1 Å². The molecule has 1 aromatic heterocycles. The minimum absolute atomic E-state index is 0.00665. The Bertz CT molecular complexity index is 647. The second-order valence-electron chi connectivity index (χ2n) is 4.72. The smallest absolute Gasteiger partial charge is 0.337 e. The van der Waals surface area contributed by atoms with Crippen molar-refractivity contribution >= 4 is 17.6 Å². The van der Waals surface area contributed by atoms with Gasteiger partial charge in [0.25, 0.3) is 0 Å². The van der Waals surface area contributed by atoms with Crippen LogP contribution in [0.25, 0.3) is 0 Å². The Balaban J connectivity index is 1.77. The average molecular weight is 290 g/mol. The van der Waals surface area contributed by atoms with Gasteiger partial charge in [-0.15, -0.1) is 0 Å². The van der Waals surface area contributed by atoms with E-state index in [1.807, 2.05) is 12.1 Å². The fourth-order valence-corrected chi connectivity index (χ4v) is 2.60. The van der Waals surface area contributed by atoms with Gasteiger partial charge in [0.2, 0.25) is 5.88 Å². The van der Waals surface area contributed by atoms with Gasteiger partial charge in [-0.1, -0.05) is 35.9 Å².